The molecule has 2 heteroatoms. The van der Waals surface area contributed by atoms with Crippen LogP contribution in [-0.4, -0.2) is 11.4 Å². The van der Waals surface area contributed by atoms with Crippen LogP contribution in [0.5, 0.6) is 0 Å². The van der Waals surface area contributed by atoms with E-state index in [1.807, 2.05) is 0 Å². The van der Waals surface area contributed by atoms with Crippen LogP contribution in [0.25, 0.3) is 0 Å². The molecule has 4 unspecified atom stereocenters. The molecule has 2 rings (SSSR count). The van der Waals surface area contributed by atoms with Gasteiger partial charge in [0.2, 0.25) is 5.91 Å². The summed E-state index contributed by atoms with van der Waals surface area (Å²) in [6, 6.07) is 0. The van der Waals surface area contributed by atoms with Gasteiger partial charge in [0.15, 0.2) is 0 Å². The third-order valence-corrected chi connectivity index (χ3v) is 4.66. The Kier molecular flexibility index (Phi) is 2.40. The van der Waals surface area contributed by atoms with Gasteiger partial charge in [-0.1, -0.05) is 39.3 Å². The van der Waals surface area contributed by atoms with Gasteiger partial charge in [-0.2, -0.15) is 0 Å². The first-order chi connectivity index (χ1) is 7.01. The zero-order chi connectivity index (χ0) is 11.2. The highest BCUT2D eigenvalue weighted by atomic mass is 16.2. The molecule has 1 heterocycles. The van der Waals surface area contributed by atoms with Gasteiger partial charge in [-0.05, 0) is 24.2 Å². The number of carbonyl (C=O) groups is 1. The number of amides is 1. The number of rotatable bonds is 1. The number of allylic oxidation sites excluding steroid dienone is 1. The van der Waals surface area contributed by atoms with Crippen LogP contribution in [0.1, 0.15) is 40.5 Å². The van der Waals surface area contributed by atoms with Crippen LogP contribution in [0.4, 0.5) is 0 Å². The second kappa shape index (κ2) is 3.36. The number of nitrogens with one attached hydrogen (secondary N) is 1. The maximum atomic E-state index is 11.2. The van der Waals surface area contributed by atoms with Crippen LogP contribution < -0.4 is 5.32 Å². The molecule has 2 nitrogen and oxygen atoms in total. The molecule has 1 fully saturated rings. The number of β-lactam (4-membered cyclic amide) rings is 1. The fraction of sp³-hybridized carbons (Fsp3) is 0.769. The van der Waals surface area contributed by atoms with Gasteiger partial charge in [-0.3, -0.25) is 4.79 Å². The third kappa shape index (κ3) is 1.34. The maximum Gasteiger partial charge on any atom is 0.222 e. The minimum absolute atomic E-state index is 0.0647. The molecule has 1 saturated heterocycles. The smallest absolute Gasteiger partial charge is 0.222 e. The van der Waals surface area contributed by atoms with Gasteiger partial charge in [0.05, 0.1) is 12.0 Å². The average Bonchev–Trinajstić information content (AvgIpc) is 2.16. The van der Waals surface area contributed by atoms with Crippen LogP contribution in [0.15, 0.2) is 11.6 Å². The van der Waals surface area contributed by atoms with Crippen molar-refractivity contribution in [1.82, 2.24) is 5.32 Å². The predicted octanol–water partition coefficient (Wildman–Crippen LogP) is 2.50. The number of hydrogen-bond donors (Lipinski definition) is 1. The lowest BCUT2D eigenvalue weighted by Gasteiger charge is -2.55. The predicted molar refractivity (Wildman–Crippen MR) is 61.4 cm³/mol. The van der Waals surface area contributed by atoms with Crippen molar-refractivity contribution in [2.75, 3.05) is 0 Å². The molecule has 1 N–H and O–H groups in total. The van der Waals surface area contributed by atoms with Gasteiger partial charge in [0.25, 0.3) is 0 Å². The van der Waals surface area contributed by atoms with Gasteiger partial charge >= 0.3 is 0 Å². The molecule has 1 aliphatic heterocycles. The summed E-state index contributed by atoms with van der Waals surface area (Å²) in [5, 5.41) is 3.15. The summed E-state index contributed by atoms with van der Waals surface area (Å²) >= 11 is 0. The Balaban J connectivity index is 2.29. The normalized spacial score (nSPS) is 44.7. The van der Waals surface area contributed by atoms with E-state index in [2.05, 4.69) is 39.1 Å². The molecule has 0 radical (unpaired) electrons. The lowest BCUT2D eigenvalue weighted by atomic mass is 9.59. The SMILES string of the molecule is CCC1=CC(C)C2(CC(=O)N2)C(C)C1C. The molecule has 0 saturated carbocycles. The lowest BCUT2D eigenvalue weighted by Crippen LogP contribution is -2.69. The van der Waals surface area contributed by atoms with Crippen LogP contribution in [0.3, 0.4) is 0 Å². The van der Waals surface area contributed by atoms with Gasteiger partial charge in [-0.25, -0.2) is 0 Å². The molecule has 1 amide bonds. The third-order valence-electron chi connectivity index (χ3n) is 4.66. The van der Waals surface area contributed by atoms with Gasteiger partial charge < -0.3 is 5.32 Å². The summed E-state index contributed by atoms with van der Waals surface area (Å²) in [6.45, 7) is 9.03. The summed E-state index contributed by atoms with van der Waals surface area (Å²) < 4.78 is 0. The Bertz CT molecular complexity index is 310. The minimum atomic E-state index is 0.0647. The van der Waals surface area contributed by atoms with Gasteiger partial charge in [0, 0.05) is 0 Å². The monoisotopic (exact) mass is 207 g/mol. The average molecular weight is 207 g/mol. The molecule has 1 aliphatic carbocycles. The highest BCUT2D eigenvalue weighted by molar-refractivity contribution is 5.85. The zero-order valence-electron chi connectivity index (χ0n) is 10.1. The second-order valence-electron chi connectivity index (χ2n) is 5.23. The van der Waals surface area contributed by atoms with Crippen LogP contribution >= 0.6 is 0 Å². The van der Waals surface area contributed by atoms with Crippen LogP contribution in [0, 0.1) is 17.8 Å². The molecule has 0 bridgehead atoms. The second-order valence-corrected chi connectivity index (χ2v) is 5.23. The Morgan fingerprint density at radius 2 is 2.07 bits per heavy atom. The van der Waals surface area contributed by atoms with Crippen molar-refractivity contribution in [1.29, 1.82) is 0 Å². The number of carbonyl (C=O) groups excluding carboxylic acids is 1. The van der Waals surface area contributed by atoms with Crippen molar-refractivity contribution in [3.8, 4) is 0 Å². The standard InChI is InChI=1S/C13H21NO/c1-5-11-6-8(2)13(7-12(15)14-13)10(4)9(11)3/h6,8-10H,5,7H2,1-4H3,(H,14,15). The summed E-state index contributed by atoms with van der Waals surface area (Å²) in [5.74, 6) is 1.86. The maximum absolute atomic E-state index is 11.2. The highest BCUT2D eigenvalue weighted by Crippen LogP contribution is 2.46. The zero-order valence-corrected chi connectivity index (χ0v) is 10.1. The van der Waals surface area contributed by atoms with E-state index >= 15 is 0 Å². The summed E-state index contributed by atoms with van der Waals surface area (Å²) in [6.07, 6.45) is 4.23. The van der Waals surface area contributed by atoms with E-state index in [9.17, 15) is 4.79 Å². The van der Waals surface area contributed by atoms with Crippen molar-refractivity contribution >= 4 is 5.91 Å². The van der Waals surface area contributed by atoms with Crippen molar-refractivity contribution in [2.45, 2.75) is 46.1 Å². The molecule has 2 aliphatic rings. The molecule has 15 heavy (non-hydrogen) atoms. The molecule has 4 atom stereocenters. The Hall–Kier alpha value is -0.790. The largest absolute Gasteiger partial charge is 0.349 e. The Morgan fingerprint density at radius 1 is 1.47 bits per heavy atom. The van der Waals surface area contributed by atoms with Crippen molar-refractivity contribution in [2.24, 2.45) is 17.8 Å². The van der Waals surface area contributed by atoms with Crippen LogP contribution in [0.2, 0.25) is 0 Å². The summed E-state index contributed by atoms with van der Waals surface area (Å²) in [4.78, 5) is 11.2. The van der Waals surface area contributed by atoms with E-state index in [1.165, 1.54) is 0 Å². The van der Waals surface area contributed by atoms with Crippen molar-refractivity contribution < 1.29 is 4.79 Å². The van der Waals surface area contributed by atoms with E-state index < -0.39 is 0 Å². The van der Waals surface area contributed by atoms with Gasteiger partial charge in [0.1, 0.15) is 0 Å². The van der Waals surface area contributed by atoms with E-state index in [-0.39, 0.29) is 11.4 Å². The molecular formula is C13H21NO. The van der Waals surface area contributed by atoms with Crippen molar-refractivity contribution in [3.05, 3.63) is 11.6 Å². The molecule has 84 valence electrons. The lowest BCUT2D eigenvalue weighted by molar-refractivity contribution is -0.138. The molecule has 0 aromatic carbocycles. The topological polar surface area (TPSA) is 29.1 Å². The fourth-order valence-electron chi connectivity index (χ4n) is 3.30. The van der Waals surface area contributed by atoms with Crippen LogP contribution in [-0.2, 0) is 4.79 Å². The minimum Gasteiger partial charge on any atom is -0.349 e. The first-order valence-electron chi connectivity index (χ1n) is 6.03. The highest BCUT2D eigenvalue weighted by Gasteiger charge is 2.53. The van der Waals surface area contributed by atoms with Gasteiger partial charge in [-0.15, -0.1) is 0 Å². The molecule has 1 spiro atoms. The van der Waals surface area contributed by atoms with E-state index in [4.69, 9.17) is 0 Å². The molecule has 0 aromatic heterocycles. The first-order valence-corrected chi connectivity index (χ1v) is 6.03. The molecular weight excluding hydrogens is 186 g/mol. The summed E-state index contributed by atoms with van der Waals surface area (Å²) in [5.41, 5.74) is 1.62. The summed E-state index contributed by atoms with van der Waals surface area (Å²) in [7, 11) is 0. The fourth-order valence-corrected chi connectivity index (χ4v) is 3.30. The Morgan fingerprint density at radius 3 is 2.53 bits per heavy atom. The Labute approximate surface area is 92.1 Å². The first kappa shape index (κ1) is 10.7. The quantitative estimate of drug-likeness (QED) is 0.519. The van der Waals surface area contributed by atoms with E-state index in [0.29, 0.717) is 24.2 Å². The van der Waals surface area contributed by atoms with E-state index in [0.717, 1.165) is 6.42 Å². The van der Waals surface area contributed by atoms with Crippen molar-refractivity contribution in [3.63, 3.8) is 0 Å². The molecule has 0 aromatic rings. The van der Waals surface area contributed by atoms with E-state index in [1.54, 1.807) is 5.57 Å². The number of hydrogen-bond acceptors (Lipinski definition) is 1.